The Morgan fingerprint density at radius 1 is 1.00 bits per heavy atom. The molecule has 4 aromatic rings. The SMILES string of the molecule is CCOC(=O)CC1(c2ccc(-c3ccc(-c4onc(C)c4C(O)C/C=C/c4ccccc4)cc3)cc2)CC1. The third-order valence-corrected chi connectivity index (χ3v) is 7.33. The van der Waals surface area contributed by atoms with Crippen LogP contribution in [0, 0.1) is 6.92 Å². The number of hydrogen-bond acceptors (Lipinski definition) is 5. The summed E-state index contributed by atoms with van der Waals surface area (Å²) in [6, 6.07) is 26.6. The van der Waals surface area contributed by atoms with Crippen LogP contribution >= 0.6 is 0 Å². The van der Waals surface area contributed by atoms with Gasteiger partial charge in [-0.3, -0.25) is 4.79 Å². The first kappa shape index (κ1) is 25.7. The van der Waals surface area contributed by atoms with Gasteiger partial charge in [-0.05, 0) is 55.4 Å². The van der Waals surface area contributed by atoms with E-state index in [2.05, 4.69) is 41.6 Å². The smallest absolute Gasteiger partial charge is 0.306 e. The van der Waals surface area contributed by atoms with Crippen molar-refractivity contribution in [1.29, 1.82) is 0 Å². The van der Waals surface area contributed by atoms with E-state index in [1.165, 1.54) is 5.56 Å². The first-order valence-electron chi connectivity index (χ1n) is 13.2. The first-order chi connectivity index (χ1) is 18.5. The number of hydrogen-bond donors (Lipinski definition) is 1. The average molecular weight is 508 g/mol. The molecule has 1 aliphatic carbocycles. The van der Waals surface area contributed by atoms with Gasteiger partial charge in [-0.1, -0.05) is 96.2 Å². The lowest BCUT2D eigenvalue weighted by atomic mass is 9.90. The lowest BCUT2D eigenvalue weighted by Crippen LogP contribution is -2.15. The van der Waals surface area contributed by atoms with Crippen LogP contribution in [0.2, 0.25) is 0 Å². The van der Waals surface area contributed by atoms with Gasteiger partial charge in [0.05, 0.1) is 30.4 Å². The van der Waals surface area contributed by atoms with Crippen molar-refractivity contribution in [3.05, 3.63) is 107 Å². The fraction of sp³-hybridized carbons (Fsp3) is 0.273. The molecule has 0 aliphatic heterocycles. The predicted molar refractivity (Wildman–Crippen MR) is 149 cm³/mol. The highest BCUT2D eigenvalue weighted by atomic mass is 16.5. The predicted octanol–water partition coefficient (Wildman–Crippen LogP) is 7.44. The van der Waals surface area contributed by atoms with Gasteiger partial charge in [0.25, 0.3) is 0 Å². The normalized spacial score (nSPS) is 14.9. The molecule has 0 spiro atoms. The molecule has 3 aromatic carbocycles. The van der Waals surface area contributed by atoms with E-state index in [0.717, 1.165) is 40.7 Å². The Morgan fingerprint density at radius 2 is 1.63 bits per heavy atom. The molecular weight excluding hydrogens is 474 g/mol. The van der Waals surface area contributed by atoms with Gasteiger partial charge in [0.2, 0.25) is 0 Å². The molecule has 1 aromatic heterocycles. The van der Waals surface area contributed by atoms with Crippen LogP contribution in [-0.2, 0) is 14.9 Å². The Morgan fingerprint density at radius 3 is 2.26 bits per heavy atom. The Hall–Kier alpha value is -3.96. The highest BCUT2D eigenvalue weighted by Gasteiger charge is 2.46. The number of esters is 1. The molecule has 0 radical (unpaired) electrons. The highest BCUT2D eigenvalue weighted by molar-refractivity contribution is 5.73. The molecule has 1 heterocycles. The summed E-state index contributed by atoms with van der Waals surface area (Å²) in [6.07, 6.45) is 6.22. The fourth-order valence-electron chi connectivity index (χ4n) is 5.03. The number of aliphatic hydroxyl groups excluding tert-OH is 1. The molecule has 5 rings (SSSR count). The van der Waals surface area contributed by atoms with Gasteiger partial charge in [0.1, 0.15) is 0 Å². The summed E-state index contributed by atoms with van der Waals surface area (Å²) in [7, 11) is 0. The zero-order chi connectivity index (χ0) is 26.5. The van der Waals surface area contributed by atoms with Crippen LogP contribution in [-0.4, -0.2) is 22.8 Å². The molecule has 194 valence electrons. The lowest BCUT2D eigenvalue weighted by Gasteiger charge is -2.15. The summed E-state index contributed by atoms with van der Waals surface area (Å²) in [5.74, 6) is 0.476. The summed E-state index contributed by atoms with van der Waals surface area (Å²) in [6.45, 7) is 4.12. The Kier molecular flexibility index (Phi) is 7.57. The molecule has 1 fully saturated rings. The van der Waals surface area contributed by atoms with Gasteiger partial charge >= 0.3 is 5.97 Å². The van der Waals surface area contributed by atoms with Gasteiger partial charge in [-0.25, -0.2) is 0 Å². The van der Waals surface area contributed by atoms with Gasteiger partial charge < -0.3 is 14.4 Å². The van der Waals surface area contributed by atoms with Crippen molar-refractivity contribution in [3.63, 3.8) is 0 Å². The number of aromatic nitrogens is 1. The molecule has 1 atom stereocenters. The molecule has 1 saturated carbocycles. The Balaban J connectivity index is 1.29. The zero-order valence-electron chi connectivity index (χ0n) is 21.9. The van der Waals surface area contributed by atoms with Crippen LogP contribution < -0.4 is 0 Å². The van der Waals surface area contributed by atoms with Crippen molar-refractivity contribution >= 4 is 12.0 Å². The number of ether oxygens (including phenoxy) is 1. The molecule has 1 unspecified atom stereocenters. The number of aryl methyl sites for hydroxylation is 1. The summed E-state index contributed by atoms with van der Waals surface area (Å²) in [5.41, 5.74) is 6.70. The zero-order valence-corrected chi connectivity index (χ0v) is 21.9. The lowest BCUT2D eigenvalue weighted by molar-refractivity contribution is -0.143. The molecule has 5 heteroatoms. The Labute approximate surface area is 223 Å². The second kappa shape index (κ2) is 11.2. The van der Waals surface area contributed by atoms with E-state index in [0.29, 0.717) is 30.9 Å². The van der Waals surface area contributed by atoms with E-state index in [4.69, 9.17) is 9.26 Å². The minimum atomic E-state index is -0.715. The monoisotopic (exact) mass is 507 g/mol. The number of benzene rings is 3. The summed E-state index contributed by atoms with van der Waals surface area (Å²) in [5, 5.41) is 15.1. The standard InChI is InChI=1S/C33H33NO4/c1-3-37-30(36)22-33(20-21-33)28-18-16-26(17-19-28)25-12-14-27(15-13-25)32-31(23(2)34-38-32)29(35)11-7-10-24-8-5-4-6-9-24/h4-10,12-19,29,35H,3,11,20-22H2,1-2H3/b10-7+. The number of nitrogens with zero attached hydrogens (tertiary/aromatic N) is 1. The van der Waals surface area contributed by atoms with Crippen LogP contribution in [0.5, 0.6) is 0 Å². The van der Waals surface area contributed by atoms with Crippen LogP contribution in [0.25, 0.3) is 28.5 Å². The molecular formula is C33H33NO4. The maximum Gasteiger partial charge on any atom is 0.306 e. The summed E-state index contributed by atoms with van der Waals surface area (Å²) < 4.78 is 10.8. The average Bonchev–Trinajstić information content (AvgIpc) is 3.61. The van der Waals surface area contributed by atoms with Crippen molar-refractivity contribution in [1.82, 2.24) is 5.16 Å². The quantitative estimate of drug-likeness (QED) is 0.226. The van der Waals surface area contributed by atoms with Crippen molar-refractivity contribution in [3.8, 4) is 22.5 Å². The van der Waals surface area contributed by atoms with E-state index in [1.807, 2.05) is 68.5 Å². The largest absolute Gasteiger partial charge is 0.466 e. The van der Waals surface area contributed by atoms with Gasteiger partial charge in [-0.15, -0.1) is 0 Å². The molecule has 38 heavy (non-hydrogen) atoms. The third-order valence-electron chi connectivity index (χ3n) is 7.33. The van der Waals surface area contributed by atoms with Crippen LogP contribution in [0.1, 0.15) is 61.1 Å². The van der Waals surface area contributed by atoms with Crippen LogP contribution in [0.4, 0.5) is 0 Å². The van der Waals surface area contributed by atoms with Crippen molar-refractivity contribution in [2.24, 2.45) is 0 Å². The van der Waals surface area contributed by atoms with Gasteiger partial charge in [-0.2, -0.15) is 0 Å². The number of carbonyl (C=O) groups excluding carboxylic acids is 1. The summed E-state index contributed by atoms with van der Waals surface area (Å²) >= 11 is 0. The number of aliphatic hydroxyl groups is 1. The highest BCUT2D eigenvalue weighted by Crippen LogP contribution is 2.51. The second-order valence-corrected chi connectivity index (χ2v) is 9.99. The summed E-state index contributed by atoms with van der Waals surface area (Å²) in [4.78, 5) is 12.0. The molecule has 1 N–H and O–H groups in total. The van der Waals surface area contributed by atoms with Gasteiger partial charge in [0.15, 0.2) is 5.76 Å². The maximum absolute atomic E-state index is 12.0. The topological polar surface area (TPSA) is 72.6 Å². The van der Waals surface area contributed by atoms with Gasteiger partial charge in [0, 0.05) is 11.0 Å². The van der Waals surface area contributed by atoms with E-state index in [1.54, 1.807) is 0 Å². The molecule has 5 nitrogen and oxygen atoms in total. The van der Waals surface area contributed by atoms with Crippen molar-refractivity contribution in [2.75, 3.05) is 6.61 Å². The molecule has 0 amide bonds. The van der Waals surface area contributed by atoms with E-state index in [-0.39, 0.29) is 11.4 Å². The van der Waals surface area contributed by atoms with Crippen LogP contribution in [0.3, 0.4) is 0 Å². The van der Waals surface area contributed by atoms with Crippen LogP contribution in [0.15, 0.2) is 89.5 Å². The third kappa shape index (κ3) is 5.63. The van der Waals surface area contributed by atoms with E-state index in [9.17, 15) is 9.90 Å². The second-order valence-electron chi connectivity index (χ2n) is 9.99. The molecule has 0 bridgehead atoms. The minimum absolute atomic E-state index is 0.0632. The maximum atomic E-state index is 12.0. The van der Waals surface area contributed by atoms with E-state index < -0.39 is 6.10 Å². The fourth-order valence-corrected chi connectivity index (χ4v) is 5.03. The van der Waals surface area contributed by atoms with Crippen molar-refractivity contribution in [2.45, 2.75) is 51.0 Å². The number of carbonyl (C=O) groups is 1. The minimum Gasteiger partial charge on any atom is -0.466 e. The molecule has 0 saturated heterocycles. The van der Waals surface area contributed by atoms with E-state index >= 15 is 0 Å². The first-order valence-corrected chi connectivity index (χ1v) is 13.2. The molecule has 1 aliphatic rings. The Bertz CT molecular complexity index is 1400. The van der Waals surface area contributed by atoms with Crippen molar-refractivity contribution < 1.29 is 19.2 Å². The number of rotatable bonds is 10.